The SMILES string of the molecule is O=C(Cn1c2c(sc1=O)[C@H](c1ccc(Br)cc1)C1C(=O)N(c3ccc(F)cc3)C(=O)C1S2)N1CCOCC1. The molecule has 1 aromatic heterocycles. The van der Waals surface area contributed by atoms with Gasteiger partial charge in [0.15, 0.2) is 0 Å². The topological polar surface area (TPSA) is 88.9 Å². The third-order valence-corrected chi connectivity index (χ3v) is 10.2. The summed E-state index contributed by atoms with van der Waals surface area (Å²) in [5.74, 6) is -2.79. The zero-order chi connectivity index (χ0) is 26.6. The number of nitrogens with zero attached hydrogens (tertiary/aromatic N) is 3. The molecule has 0 bridgehead atoms. The minimum absolute atomic E-state index is 0.147. The molecule has 6 rings (SSSR count). The molecule has 3 aliphatic heterocycles. The Labute approximate surface area is 233 Å². The number of hydrogen-bond acceptors (Lipinski definition) is 7. The van der Waals surface area contributed by atoms with Crippen LogP contribution in [0, 0.1) is 11.7 Å². The van der Waals surface area contributed by atoms with E-state index >= 15 is 0 Å². The second kappa shape index (κ2) is 10.1. The number of thioether (sulfide) groups is 1. The Morgan fingerprint density at radius 1 is 1.00 bits per heavy atom. The standard InChI is InChI=1S/C26H21BrFN3O5S2/c27-15-3-1-14(2-4-15)19-20-21(24(34)31(23(20)33)17-7-5-16(28)6-8-17)37-25-22(19)38-26(35)30(25)13-18(32)29-9-11-36-12-10-29/h1-8,19-21H,9-13H2/t19-,20?,21?/m1/s1. The highest BCUT2D eigenvalue weighted by Gasteiger charge is 2.56. The third kappa shape index (κ3) is 4.33. The number of morpholine rings is 1. The molecule has 12 heteroatoms. The Balaban J connectivity index is 1.43. The van der Waals surface area contributed by atoms with Gasteiger partial charge in [0.1, 0.15) is 17.6 Å². The van der Waals surface area contributed by atoms with Crippen LogP contribution in [0.3, 0.4) is 0 Å². The normalized spacial score (nSPS) is 22.9. The fourth-order valence-corrected chi connectivity index (χ4v) is 8.21. The predicted molar refractivity (Wildman–Crippen MR) is 144 cm³/mol. The smallest absolute Gasteiger partial charge is 0.308 e. The number of aromatic nitrogens is 1. The lowest BCUT2D eigenvalue weighted by atomic mass is 9.83. The van der Waals surface area contributed by atoms with Crippen LogP contribution in [-0.4, -0.2) is 58.7 Å². The number of rotatable bonds is 4. The van der Waals surface area contributed by atoms with Gasteiger partial charge in [0.05, 0.1) is 29.8 Å². The van der Waals surface area contributed by atoms with Crippen LogP contribution in [-0.2, 0) is 25.7 Å². The molecule has 0 aliphatic carbocycles. The summed E-state index contributed by atoms with van der Waals surface area (Å²) in [5.41, 5.74) is 1.09. The van der Waals surface area contributed by atoms with Crippen molar-refractivity contribution in [2.45, 2.75) is 22.7 Å². The molecule has 3 aliphatic rings. The van der Waals surface area contributed by atoms with Crippen molar-refractivity contribution in [1.82, 2.24) is 9.47 Å². The van der Waals surface area contributed by atoms with Crippen LogP contribution in [0.4, 0.5) is 10.1 Å². The zero-order valence-electron chi connectivity index (χ0n) is 19.8. The minimum atomic E-state index is -0.799. The molecule has 0 saturated carbocycles. The van der Waals surface area contributed by atoms with Gasteiger partial charge in [-0.1, -0.05) is 51.2 Å². The van der Waals surface area contributed by atoms with Gasteiger partial charge in [0, 0.05) is 28.4 Å². The number of amides is 3. The number of hydrogen-bond donors (Lipinski definition) is 0. The average molecular weight is 619 g/mol. The molecule has 3 aromatic rings. The van der Waals surface area contributed by atoms with E-state index < -0.39 is 34.7 Å². The van der Waals surface area contributed by atoms with Gasteiger partial charge in [-0.3, -0.25) is 23.7 Å². The van der Waals surface area contributed by atoms with Crippen LogP contribution < -0.4 is 9.77 Å². The Morgan fingerprint density at radius 3 is 2.37 bits per heavy atom. The third-order valence-electron chi connectivity index (χ3n) is 7.02. The van der Waals surface area contributed by atoms with E-state index in [9.17, 15) is 23.6 Å². The molecule has 38 heavy (non-hydrogen) atoms. The van der Waals surface area contributed by atoms with Gasteiger partial charge in [0.2, 0.25) is 17.7 Å². The van der Waals surface area contributed by atoms with Gasteiger partial charge < -0.3 is 9.64 Å². The first-order chi connectivity index (χ1) is 18.3. The molecule has 2 fully saturated rings. The average Bonchev–Trinajstić information content (AvgIpc) is 3.36. The summed E-state index contributed by atoms with van der Waals surface area (Å²) in [7, 11) is 0. The maximum atomic E-state index is 13.8. The first kappa shape index (κ1) is 25.5. The summed E-state index contributed by atoms with van der Waals surface area (Å²) < 4.78 is 21.2. The number of ether oxygens (including phenoxy) is 1. The van der Waals surface area contributed by atoms with Crippen molar-refractivity contribution in [3.05, 3.63) is 78.9 Å². The van der Waals surface area contributed by atoms with E-state index in [1.165, 1.54) is 28.8 Å². The van der Waals surface area contributed by atoms with Crippen molar-refractivity contribution in [1.29, 1.82) is 0 Å². The molecule has 3 amide bonds. The molecule has 8 nitrogen and oxygen atoms in total. The van der Waals surface area contributed by atoms with Crippen molar-refractivity contribution < 1.29 is 23.5 Å². The van der Waals surface area contributed by atoms with Crippen LogP contribution in [0.5, 0.6) is 0 Å². The summed E-state index contributed by atoms with van der Waals surface area (Å²) in [6.07, 6.45) is 0. The summed E-state index contributed by atoms with van der Waals surface area (Å²) in [4.78, 5) is 56.9. The van der Waals surface area contributed by atoms with Crippen LogP contribution in [0.1, 0.15) is 16.4 Å². The number of anilines is 1. The largest absolute Gasteiger partial charge is 0.378 e. The van der Waals surface area contributed by atoms with Gasteiger partial charge in [0.25, 0.3) is 0 Å². The van der Waals surface area contributed by atoms with Crippen molar-refractivity contribution in [2.75, 3.05) is 31.2 Å². The van der Waals surface area contributed by atoms with Crippen molar-refractivity contribution in [2.24, 2.45) is 5.92 Å². The fourth-order valence-electron chi connectivity index (χ4n) is 5.18. The van der Waals surface area contributed by atoms with Gasteiger partial charge in [-0.25, -0.2) is 9.29 Å². The van der Waals surface area contributed by atoms with E-state index in [-0.39, 0.29) is 17.3 Å². The first-order valence-corrected chi connectivity index (χ1v) is 14.5. The highest BCUT2D eigenvalue weighted by Crippen LogP contribution is 2.53. The number of halogens is 2. The Hall–Kier alpha value is -2.80. The number of carbonyl (C=O) groups is 3. The van der Waals surface area contributed by atoms with E-state index in [1.807, 2.05) is 24.3 Å². The van der Waals surface area contributed by atoms with Crippen LogP contribution >= 0.6 is 39.0 Å². The predicted octanol–water partition coefficient (Wildman–Crippen LogP) is 3.47. The van der Waals surface area contributed by atoms with E-state index in [2.05, 4.69) is 15.9 Å². The van der Waals surface area contributed by atoms with Crippen molar-refractivity contribution >= 4 is 62.4 Å². The molecule has 0 radical (unpaired) electrons. The molecule has 196 valence electrons. The molecule has 2 saturated heterocycles. The van der Waals surface area contributed by atoms with Gasteiger partial charge in [-0.2, -0.15) is 0 Å². The number of imide groups is 1. The fraction of sp³-hybridized carbons (Fsp3) is 0.308. The lowest BCUT2D eigenvalue weighted by Gasteiger charge is -2.31. The molecule has 2 unspecified atom stereocenters. The summed E-state index contributed by atoms with van der Waals surface area (Å²) in [6.45, 7) is 1.66. The van der Waals surface area contributed by atoms with E-state index in [1.54, 1.807) is 4.90 Å². The second-order valence-electron chi connectivity index (χ2n) is 9.20. The molecule has 2 aromatic carbocycles. The number of carbonyl (C=O) groups excluding carboxylic acids is 3. The highest BCUT2D eigenvalue weighted by atomic mass is 79.9. The molecule has 0 N–H and O–H groups in total. The van der Waals surface area contributed by atoms with Gasteiger partial charge >= 0.3 is 4.87 Å². The lowest BCUT2D eigenvalue weighted by Crippen LogP contribution is -2.43. The van der Waals surface area contributed by atoms with E-state index in [0.29, 0.717) is 41.9 Å². The van der Waals surface area contributed by atoms with Crippen molar-refractivity contribution in [3.63, 3.8) is 0 Å². The van der Waals surface area contributed by atoms with Crippen LogP contribution in [0.15, 0.2) is 62.8 Å². The lowest BCUT2D eigenvalue weighted by molar-refractivity contribution is -0.136. The van der Waals surface area contributed by atoms with Crippen molar-refractivity contribution in [3.8, 4) is 0 Å². The summed E-state index contributed by atoms with van der Waals surface area (Å²) >= 11 is 5.61. The zero-order valence-corrected chi connectivity index (χ0v) is 23.1. The van der Waals surface area contributed by atoms with E-state index in [0.717, 1.165) is 38.0 Å². The molecular weight excluding hydrogens is 597 g/mol. The second-order valence-corrected chi connectivity index (χ2v) is 12.2. The van der Waals surface area contributed by atoms with Crippen LogP contribution in [0.25, 0.3) is 0 Å². The molecule has 3 atom stereocenters. The summed E-state index contributed by atoms with van der Waals surface area (Å²) in [6, 6.07) is 12.7. The van der Waals surface area contributed by atoms with E-state index in [4.69, 9.17) is 4.74 Å². The Bertz CT molecular complexity index is 1480. The monoisotopic (exact) mass is 617 g/mol. The first-order valence-electron chi connectivity index (χ1n) is 12.0. The maximum absolute atomic E-state index is 13.8. The molecular formula is C26H21BrFN3O5S2. The maximum Gasteiger partial charge on any atom is 0.308 e. The van der Waals surface area contributed by atoms with Crippen LogP contribution in [0.2, 0.25) is 0 Å². The molecule has 4 heterocycles. The quantitative estimate of drug-likeness (QED) is 0.417. The number of benzene rings is 2. The highest BCUT2D eigenvalue weighted by molar-refractivity contribution is 9.10. The minimum Gasteiger partial charge on any atom is -0.378 e. The Kier molecular flexibility index (Phi) is 6.75. The van der Waals surface area contributed by atoms with Gasteiger partial charge in [-0.15, -0.1) is 0 Å². The Morgan fingerprint density at radius 2 is 1.68 bits per heavy atom. The number of thiazole rings is 1. The number of fused-ring (bicyclic) bond motifs is 2. The molecule has 0 spiro atoms. The van der Waals surface area contributed by atoms with Gasteiger partial charge in [-0.05, 0) is 42.0 Å². The summed E-state index contributed by atoms with van der Waals surface area (Å²) in [5, 5.41) is -0.259.